The third-order valence-electron chi connectivity index (χ3n) is 1.57. The Labute approximate surface area is 67.2 Å². The van der Waals surface area contributed by atoms with Gasteiger partial charge in [0.05, 0.1) is 6.10 Å². The van der Waals surface area contributed by atoms with Gasteiger partial charge in [-0.1, -0.05) is 6.07 Å². The molecule has 0 saturated heterocycles. The maximum absolute atomic E-state index is 5.39. The number of aromatic nitrogens is 1. The number of nitrogens with zero attached hydrogens (tertiary/aromatic N) is 1. The highest BCUT2D eigenvalue weighted by Gasteiger charge is 2.02. The van der Waals surface area contributed by atoms with Crippen molar-refractivity contribution >= 4 is 0 Å². The van der Waals surface area contributed by atoms with E-state index in [1.54, 1.807) is 6.20 Å². The minimum absolute atomic E-state index is 0.161. The van der Waals surface area contributed by atoms with Gasteiger partial charge < -0.3 is 4.74 Å². The normalized spacial score (nSPS) is 12.9. The summed E-state index contributed by atoms with van der Waals surface area (Å²) in [5.41, 5.74) is 1.13. The first-order valence-corrected chi connectivity index (χ1v) is 3.86. The van der Waals surface area contributed by atoms with E-state index in [4.69, 9.17) is 4.74 Å². The molecule has 2 heteroatoms. The molecule has 1 aromatic rings. The summed E-state index contributed by atoms with van der Waals surface area (Å²) < 4.78 is 5.39. The maximum atomic E-state index is 5.39. The molecule has 0 aliphatic rings. The zero-order valence-corrected chi connectivity index (χ0v) is 6.95. The van der Waals surface area contributed by atoms with Crippen molar-refractivity contribution in [1.29, 1.82) is 0 Å². The van der Waals surface area contributed by atoms with Crippen LogP contribution < -0.4 is 0 Å². The molecule has 1 rings (SSSR count). The van der Waals surface area contributed by atoms with Crippen molar-refractivity contribution in [2.75, 3.05) is 6.61 Å². The molecule has 2 nitrogen and oxygen atoms in total. The lowest BCUT2D eigenvalue weighted by molar-refractivity contribution is 0.0761. The quantitative estimate of drug-likeness (QED) is 0.660. The van der Waals surface area contributed by atoms with E-state index in [0.717, 1.165) is 12.2 Å². The van der Waals surface area contributed by atoms with Crippen LogP contribution in [0.25, 0.3) is 0 Å². The molecule has 60 valence electrons. The van der Waals surface area contributed by atoms with Crippen LogP contribution in [-0.2, 0) is 4.74 Å². The van der Waals surface area contributed by atoms with E-state index in [-0.39, 0.29) is 6.10 Å². The lowest BCUT2D eigenvalue weighted by atomic mass is 10.2. The molecule has 1 unspecified atom stereocenters. The van der Waals surface area contributed by atoms with Crippen LogP contribution in [0.4, 0.5) is 0 Å². The molecule has 1 aromatic heterocycles. The van der Waals surface area contributed by atoms with E-state index in [1.165, 1.54) is 0 Å². The van der Waals surface area contributed by atoms with Gasteiger partial charge >= 0.3 is 0 Å². The van der Waals surface area contributed by atoms with Gasteiger partial charge in [0, 0.05) is 19.0 Å². The number of pyridine rings is 1. The summed E-state index contributed by atoms with van der Waals surface area (Å²) in [4.78, 5) is 4.01. The van der Waals surface area contributed by atoms with Gasteiger partial charge in [-0.15, -0.1) is 0 Å². The van der Waals surface area contributed by atoms with Crippen LogP contribution in [-0.4, -0.2) is 11.6 Å². The molecule has 11 heavy (non-hydrogen) atoms. The lowest BCUT2D eigenvalue weighted by Crippen LogP contribution is -1.99. The van der Waals surface area contributed by atoms with Crippen molar-refractivity contribution in [3.05, 3.63) is 30.1 Å². The predicted octanol–water partition coefficient (Wildman–Crippen LogP) is 2.18. The van der Waals surface area contributed by atoms with Crippen LogP contribution >= 0.6 is 0 Å². The fraction of sp³-hybridized carbons (Fsp3) is 0.444. The lowest BCUT2D eigenvalue weighted by Gasteiger charge is -2.10. The molecule has 0 spiro atoms. The summed E-state index contributed by atoms with van der Waals surface area (Å²) in [5.74, 6) is 0. The maximum Gasteiger partial charge on any atom is 0.0811 e. The minimum atomic E-state index is 0.161. The molecule has 0 saturated carbocycles. The minimum Gasteiger partial charge on any atom is -0.374 e. The zero-order chi connectivity index (χ0) is 8.10. The Balaban J connectivity index is 2.61. The first kappa shape index (κ1) is 8.21. The van der Waals surface area contributed by atoms with Crippen LogP contribution in [0.1, 0.15) is 25.5 Å². The Morgan fingerprint density at radius 1 is 1.64 bits per heavy atom. The van der Waals surface area contributed by atoms with Gasteiger partial charge in [0.15, 0.2) is 0 Å². The zero-order valence-electron chi connectivity index (χ0n) is 6.95. The van der Waals surface area contributed by atoms with Gasteiger partial charge in [-0.3, -0.25) is 4.98 Å². The molecule has 0 aliphatic heterocycles. The van der Waals surface area contributed by atoms with Crippen molar-refractivity contribution in [2.24, 2.45) is 0 Å². The molecule has 1 atom stereocenters. The summed E-state index contributed by atoms with van der Waals surface area (Å²) >= 11 is 0. The largest absolute Gasteiger partial charge is 0.374 e. The summed E-state index contributed by atoms with van der Waals surface area (Å²) in [6.45, 7) is 4.77. The van der Waals surface area contributed by atoms with Gasteiger partial charge in [0.25, 0.3) is 0 Å². The third kappa shape index (κ3) is 2.31. The van der Waals surface area contributed by atoms with E-state index < -0.39 is 0 Å². The summed E-state index contributed by atoms with van der Waals surface area (Å²) in [7, 11) is 0. The SMILES string of the molecule is CCOC(C)c1cccnc1. The highest BCUT2D eigenvalue weighted by Crippen LogP contribution is 2.13. The Hall–Kier alpha value is -0.890. The molecular formula is C9H13NO. The predicted molar refractivity (Wildman–Crippen MR) is 44.3 cm³/mol. The third-order valence-corrected chi connectivity index (χ3v) is 1.57. The average Bonchev–Trinajstić information content (AvgIpc) is 2.07. The number of rotatable bonds is 3. The molecule has 1 heterocycles. The number of ether oxygens (including phenoxy) is 1. The van der Waals surface area contributed by atoms with Crippen LogP contribution in [0.2, 0.25) is 0 Å². The second kappa shape index (κ2) is 4.09. The topological polar surface area (TPSA) is 22.1 Å². The van der Waals surface area contributed by atoms with Crippen molar-refractivity contribution in [2.45, 2.75) is 20.0 Å². The Kier molecular flexibility index (Phi) is 3.05. The summed E-state index contributed by atoms with van der Waals surface area (Å²) in [6.07, 6.45) is 3.76. The Morgan fingerprint density at radius 2 is 2.45 bits per heavy atom. The van der Waals surface area contributed by atoms with Gasteiger partial charge in [-0.05, 0) is 25.5 Å². The molecular weight excluding hydrogens is 138 g/mol. The van der Waals surface area contributed by atoms with Crippen molar-refractivity contribution < 1.29 is 4.74 Å². The Bertz CT molecular complexity index is 198. The number of hydrogen-bond donors (Lipinski definition) is 0. The van der Waals surface area contributed by atoms with Crippen molar-refractivity contribution in [1.82, 2.24) is 4.98 Å². The molecule has 0 bridgehead atoms. The molecule has 0 aliphatic carbocycles. The van der Waals surface area contributed by atoms with Crippen LogP contribution in [0, 0.1) is 0 Å². The van der Waals surface area contributed by atoms with Crippen molar-refractivity contribution in [3.63, 3.8) is 0 Å². The fourth-order valence-corrected chi connectivity index (χ4v) is 0.963. The Morgan fingerprint density at radius 3 is 3.00 bits per heavy atom. The van der Waals surface area contributed by atoms with E-state index in [0.29, 0.717) is 0 Å². The summed E-state index contributed by atoms with van der Waals surface area (Å²) in [5, 5.41) is 0. The highest BCUT2D eigenvalue weighted by molar-refractivity contribution is 5.10. The molecule has 0 amide bonds. The first-order chi connectivity index (χ1) is 5.34. The molecule has 0 fully saturated rings. The molecule has 0 aromatic carbocycles. The summed E-state index contributed by atoms with van der Waals surface area (Å²) in [6, 6.07) is 3.94. The highest BCUT2D eigenvalue weighted by atomic mass is 16.5. The number of hydrogen-bond acceptors (Lipinski definition) is 2. The van der Waals surface area contributed by atoms with E-state index in [9.17, 15) is 0 Å². The second-order valence-electron chi connectivity index (χ2n) is 2.38. The van der Waals surface area contributed by atoms with E-state index >= 15 is 0 Å². The molecule has 0 N–H and O–H groups in total. The average molecular weight is 151 g/mol. The van der Waals surface area contributed by atoms with E-state index in [1.807, 2.05) is 32.2 Å². The van der Waals surface area contributed by atoms with Crippen LogP contribution in [0.15, 0.2) is 24.5 Å². The van der Waals surface area contributed by atoms with Crippen LogP contribution in [0.3, 0.4) is 0 Å². The van der Waals surface area contributed by atoms with Crippen molar-refractivity contribution in [3.8, 4) is 0 Å². The van der Waals surface area contributed by atoms with Crippen LogP contribution in [0.5, 0.6) is 0 Å². The van der Waals surface area contributed by atoms with Gasteiger partial charge in [-0.2, -0.15) is 0 Å². The first-order valence-electron chi connectivity index (χ1n) is 3.86. The van der Waals surface area contributed by atoms with Gasteiger partial charge in [-0.25, -0.2) is 0 Å². The molecule has 0 radical (unpaired) electrons. The smallest absolute Gasteiger partial charge is 0.0811 e. The second-order valence-corrected chi connectivity index (χ2v) is 2.38. The van der Waals surface area contributed by atoms with E-state index in [2.05, 4.69) is 4.98 Å². The van der Waals surface area contributed by atoms with Gasteiger partial charge in [0.2, 0.25) is 0 Å². The monoisotopic (exact) mass is 151 g/mol. The standard InChI is InChI=1S/C9H13NO/c1-3-11-8(2)9-5-4-6-10-7-9/h4-8H,3H2,1-2H3. The fourth-order valence-electron chi connectivity index (χ4n) is 0.963. The van der Waals surface area contributed by atoms with Gasteiger partial charge in [0.1, 0.15) is 0 Å².